The van der Waals surface area contributed by atoms with Crippen LogP contribution in [0.1, 0.15) is 27.6 Å². The van der Waals surface area contributed by atoms with Crippen molar-refractivity contribution in [2.45, 2.75) is 20.4 Å². The number of aryl methyl sites for hydroxylation is 2. The molecule has 3 aromatic rings. The number of aromatic nitrogens is 4. The second-order valence-electron chi connectivity index (χ2n) is 5.90. The van der Waals surface area contributed by atoms with Crippen LogP contribution in [0.2, 0.25) is 0 Å². The third-order valence-corrected chi connectivity index (χ3v) is 4.31. The molecule has 1 aromatic carbocycles. The van der Waals surface area contributed by atoms with E-state index in [0.29, 0.717) is 11.3 Å². The quantitative estimate of drug-likeness (QED) is 0.596. The van der Waals surface area contributed by atoms with Crippen LogP contribution in [-0.2, 0) is 6.54 Å². The number of hydrogen-bond acceptors (Lipinski definition) is 4. The normalized spacial score (nSPS) is 10.9. The Labute approximate surface area is 158 Å². The first-order chi connectivity index (χ1) is 12.4. The van der Waals surface area contributed by atoms with Crippen LogP contribution >= 0.6 is 15.9 Å². The molecule has 134 valence electrons. The molecule has 0 saturated carbocycles. The van der Waals surface area contributed by atoms with Crippen molar-refractivity contribution in [1.29, 1.82) is 0 Å². The predicted molar refractivity (Wildman–Crippen MR) is 99.3 cm³/mol. The van der Waals surface area contributed by atoms with Crippen LogP contribution in [0.3, 0.4) is 0 Å². The second-order valence-corrected chi connectivity index (χ2v) is 6.81. The zero-order chi connectivity index (χ0) is 18.8. The summed E-state index contributed by atoms with van der Waals surface area (Å²) in [5.41, 5.74) is 2.01. The van der Waals surface area contributed by atoms with Crippen molar-refractivity contribution < 1.29 is 9.18 Å². The van der Waals surface area contributed by atoms with Crippen molar-refractivity contribution in [2.24, 2.45) is 0 Å². The maximum absolute atomic E-state index is 14.1. The summed E-state index contributed by atoms with van der Waals surface area (Å²) in [6.45, 7) is 7.71. The summed E-state index contributed by atoms with van der Waals surface area (Å²) in [5.74, 6) is -0.417. The standard InChI is InChI=1S/C18H17BrFN5O/c1-4-7-24(10-13-9-14(19)5-6-15(13)20)17(26)16-22-18-21-11(2)8-12(3)25(18)23-16/h4-6,8-9H,1,7,10H2,2-3H3. The molecule has 8 heteroatoms. The van der Waals surface area contributed by atoms with Gasteiger partial charge in [0.2, 0.25) is 5.82 Å². The molecule has 2 aromatic heterocycles. The number of rotatable bonds is 5. The maximum Gasteiger partial charge on any atom is 0.294 e. The molecule has 6 nitrogen and oxygen atoms in total. The molecule has 0 radical (unpaired) electrons. The third kappa shape index (κ3) is 3.65. The maximum atomic E-state index is 14.1. The molecule has 0 aliphatic heterocycles. The smallest absolute Gasteiger partial charge is 0.294 e. The fourth-order valence-corrected chi connectivity index (χ4v) is 3.05. The van der Waals surface area contributed by atoms with Crippen LogP contribution in [0.4, 0.5) is 4.39 Å². The number of amides is 1. The minimum atomic E-state index is -0.410. The fraction of sp³-hybridized carbons (Fsp3) is 0.222. The van der Waals surface area contributed by atoms with Crippen LogP contribution in [-0.4, -0.2) is 36.9 Å². The molecule has 3 rings (SSSR count). The van der Waals surface area contributed by atoms with E-state index in [-0.39, 0.29) is 24.7 Å². The van der Waals surface area contributed by atoms with E-state index in [1.165, 1.54) is 15.5 Å². The Morgan fingerprint density at radius 3 is 2.85 bits per heavy atom. The lowest BCUT2D eigenvalue weighted by Gasteiger charge is -2.20. The molecular weight excluding hydrogens is 401 g/mol. The molecule has 0 bridgehead atoms. The molecule has 1 amide bonds. The molecule has 0 fully saturated rings. The second kappa shape index (κ2) is 7.33. The van der Waals surface area contributed by atoms with Crippen molar-refractivity contribution in [3.63, 3.8) is 0 Å². The number of halogens is 2. The van der Waals surface area contributed by atoms with Gasteiger partial charge in [0.1, 0.15) is 5.82 Å². The van der Waals surface area contributed by atoms with Crippen LogP contribution in [0.25, 0.3) is 5.78 Å². The van der Waals surface area contributed by atoms with Gasteiger partial charge in [-0.15, -0.1) is 11.7 Å². The summed E-state index contributed by atoms with van der Waals surface area (Å²) in [4.78, 5) is 22.8. The number of benzene rings is 1. The number of fused-ring (bicyclic) bond motifs is 1. The van der Waals surface area contributed by atoms with E-state index in [0.717, 1.165) is 15.9 Å². The molecule has 0 aliphatic carbocycles. The summed E-state index contributed by atoms with van der Waals surface area (Å²) in [6.07, 6.45) is 1.58. The minimum absolute atomic E-state index is 0.0171. The molecular formula is C18H17BrFN5O. The van der Waals surface area contributed by atoms with Gasteiger partial charge in [0.15, 0.2) is 0 Å². The van der Waals surface area contributed by atoms with Crippen LogP contribution in [0.15, 0.2) is 41.4 Å². The van der Waals surface area contributed by atoms with E-state index >= 15 is 0 Å². The molecule has 0 N–H and O–H groups in total. The van der Waals surface area contributed by atoms with Gasteiger partial charge in [-0.05, 0) is 38.1 Å². The zero-order valence-corrected chi connectivity index (χ0v) is 16.0. The lowest BCUT2D eigenvalue weighted by atomic mass is 10.2. The highest BCUT2D eigenvalue weighted by Crippen LogP contribution is 2.18. The molecule has 0 unspecified atom stereocenters. The van der Waals surface area contributed by atoms with Gasteiger partial charge in [0, 0.05) is 34.5 Å². The predicted octanol–water partition coefficient (Wildman–Crippen LogP) is 3.47. The first-order valence-corrected chi connectivity index (χ1v) is 8.73. The first kappa shape index (κ1) is 18.2. The number of hydrogen-bond donors (Lipinski definition) is 0. The Hall–Kier alpha value is -2.61. The van der Waals surface area contributed by atoms with Gasteiger partial charge in [0.25, 0.3) is 11.7 Å². The van der Waals surface area contributed by atoms with E-state index in [9.17, 15) is 9.18 Å². The fourth-order valence-electron chi connectivity index (χ4n) is 2.64. The van der Waals surface area contributed by atoms with E-state index in [4.69, 9.17) is 0 Å². The van der Waals surface area contributed by atoms with Crippen LogP contribution in [0, 0.1) is 19.7 Å². The highest BCUT2D eigenvalue weighted by Gasteiger charge is 2.22. The van der Waals surface area contributed by atoms with E-state index in [2.05, 4.69) is 37.6 Å². The highest BCUT2D eigenvalue weighted by molar-refractivity contribution is 9.10. The lowest BCUT2D eigenvalue weighted by Crippen LogP contribution is -2.32. The number of nitrogens with zero attached hydrogens (tertiary/aromatic N) is 5. The van der Waals surface area contributed by atoms with Crippen LogP contribution < -0.4 is 0 Å². The summed E-state index contributed by atoms with van der Waals surface area (Å²) in [5, 5.41) is 4.25. The van der Waals surface area contributed by atoms with E-state index < -0.39 is 5.91 Å². The molecule has 0 saturated heterocycles. The average molecular weight is 418 g/mol. The summed E-state index contributed by atoms with van der Waals surface area (Å²) >= 11 is 3.32. The highest BCUT2D eigenvalue weighted by atomic mass is 79.9. The van der Waals surface area contributed by atoms with Gasteiger partial charge in [-0.25, -0.2) is 13.9 Å². The van der Waals surface area contributed by atoms with Crippen molar-refractivity contribution in [2.75, 3.05) is 6.54 Å². The first-order valence-electron chi connectivity index (χ1n) is 7.94. The summed E-state index contributed by atoms with van der Waals surface area (Å²) in [6, 6.07) is 6.47. The largest absolute Gasteiger partial charge is 0.328 e. The third-order valence-electron chi connectivity index (χ3n) is 3.82. The van der Waals surface area contributed by atoms with Crippen LogP contribution in [0.5, 0.6) is 0 Å². The van der Waals surface area contributed by atoms with Gasteiger partial charge in [-0.1, -0.05) is 22.0 Å². The number of carbonyl (C=O) groups excluding carboxylic acids is 1. The number of carbonyl (C=O) groups is 1. The van der Waals surface area contributed by atoms with Crippen molar-refractivity contribution >= 4 is 27.6 Å². The van der Waals surface area contributed by atoms with E-state index in [1.54, 1.807) is 18.2 Å². The molecule has 0 aliphatic rings. The Balaban J connectivity index is 1.95. The van der Waals surface area contributed by atoms with Gasteiger partial charge in [-0.3, -0.25) is 4.79 Å². The van der Waals surface area contributed by atoms with Gasteiger partial charge in [0.05, 0.1) is 0 Å². The molecule has 0 spiro atoms. The van der Waals surface area contributed by atoms with Gasteiger partial charge >= 0.3 is 0 Å². The Morgan fingerprint density at radius 1 is 1.35 bits per heavy atom. The minimum Gasteiger partial charge on any atom is -0.328 e. The Bertz CT molecular complexity index is 1000. The Morgan fingerprint density at radius 2 is 2.12 bits per heavy atom. The van der Waals surface area contributed by atoms with Gasteiger partial charge < -0.3 is 4.90 Å². The van der Waals surface area contributed by atoms with E-state index in [1.807, 2.05) is 19.9 Å². The van der Waals surface area contributed by atoms with Gasteiger partial charge in [-0.2, -0.15) is 4.98 Å². The SMILES string of the molecule is C=CCN(Cc1cc(Br)ccc1F)C(=O)c1nc2nc(C)cc(C)n2n1. The van der Waals surface area contributed by atoms with Crippen molar-refractivity contribution in [1.82, 2.24) is 24.5 Å². The molecule has 0 atom stereocenters. The van der Waals surface area contributed by atoms with Crippen molar-refractivity contribution in [3.05, 3.63) is 70.0 Å². The monoisotopic (exact) mass is 417 g/mol. The van der Waals surface area contributed by atoms with Crippen molar-refractivity contribution in [3.8, 4) is 0 Å². The summed E-state index contributed by atoms with van der Waals surface area (Å²) < 4.78 is 16.3. The lowest BCUT2D eigenvalue weighted by molar-refractivity contribution is 0.0749. The average Bonchev–Trinajstić information content (AvgIpc) is 3.01. The zero-order valence-electron chi connectivity index (χ0n) is 14.4. The molecule has 2 heterocycles. The topological polar surface area (TPSA) is 63.4 Å². The molecule has 26 heavy (non-hydrogen) atoms. The summed E-state index contributed by atoms with van der Waals surface area (Å²) in [7, 11) is 0. The Kier molecular flexibility index (Phi) is 5.13.